The fourth-order valence-electron chi connectivity index (χ4n) is 2.01. The Morgan fingerprint density at radius 3 is 1.56 bits per heavy atom. The van der Waals surface area contributed by atoms with E-state index in [0.717, 1.165) is 25.7 Å². The lowest BCUT2D eigenvalue weighted by molar-refractivity contribution is 0.143. The molecule has 0 aliphatic rings. The minimum Gasteiger partial charge on any atom is -0.465 e. The van der Waals surface area contributed by atoms with Crippen LogP contribution >= 0.6 is 0 Å². The van der Waals surface area contributed by atoms with Crippen LogP contribution in [-0.4, -0.2) is 29.2 Å². The van der Waals surface area contributed by atoms with Crippen molar-refractivity contribution in [2.24, 2.45) is 11.8 Å². The van der Waals surface area contributed by atoms with Crippen molar-refractivity contribution in [2.45, 2.75) is 66.2 Å². The van der Waals surface area contributed by atoms with Crippen molar-refractivity contribution in [1.29, 1.82) is 0 Å². The van der Waals surface area contributed by atoms with Crippen molar-refractivity contribution < 1.29 is 9.90 Å². The van der Waals surface area contributed by atoms with Crippen molar-refractivity contribution in [3.05, 3.63) is 0 Å². The lowest BCUT2D eigenvalue weighted by atomic mass is 10.1. The molecule has 0 rings (SSSR count). The summed E-state index contributed by atoms with van der Waals surface area (Å²) in [6.45, 7) is 10.2. The van der Waals surface area contributed by atoms with E-state index < -0.39 is 6.09 Å². The Labute approximate surface area is 113 Å². The third-order valence-corrected chi connectivity index (χ3v) is 3.19. The highest BCUT2D eigenvalue weighted by Gasteiger charge is 2.10. The number of rotatable bonds is 10. The van der Waals surface area contributed by atoms with E-state index in [1.807, 2.05) is 0 Å². The molecule has 108 valence electrons. The van der Waals surface area contributed by atoms with Crippen molar-refractivity contribution in [3.8, 4) is 0 Å². The molecule has 0 fully saturated rings. The van der Waals surface area contributed by atoms with E-state index in [-0.39, 0.29) is 0 Å². The van der Waals surface area contributed by atoms with E-state index >= 15 is 0 Å². The lowest BCUT2D eigenvalue weighted by Crippen LogP contribution is -2.31. The van der Waals surface area contributed by atoms with Crippen molar-refractivity contribution in [1.82, 2.24) is 4.90 Å². The van der Waals surface area contributed by atoms with Crippen LogP contribution in [0.4, 0.5) is 4.79 Å². The third-order valence-electron chi connectivity index (χ3n) is 3.19. The van der Waals surface area contributed by atoms with Gasteiger partial charge in [-0.05, 0) is 24.7 Å². The molecule has 0 unspecified atom stereocenters. The molecule has 1 amide bonds. The molecule has 0 bridgehead atoms. The Morgan fingerprint density at radius 1 is 0.889 bits per heavy atom. The molecule has 3 nitrogen and oxygen atoms in total. The minimum atomic E-state index is -0.760. The van der Waals surface area contributed by atoms with Gasteiger partial charge in [0.15, 0.2) is 0 Å². The van der Waals surface area contributed by atoms with Gasteiger partial charge < -0.3 is 10.0 Å². The summed E-state index contributed by atoms with van der Waals surface area (Å²) in [6, 6.07) is 0. The summed E-state index contributed by atoms with van der Waals surface area (Å²) < 4.78 is 0. The fraction of sp³-hybridized carbons (Fsp3) is 0.933. The zero-order valence-corrected chi connectivity index (χ0v) is 12.6. The zero-order valence-electron chi connectivity index (χ0n) is 12.6. The molecule has 0 aliphatic heterocycles. The second-order valence-corrected chi connectivity index (χ2v) is 6.05. The SMILES string of the molecule is CC(C)CCCCN(CCCCC(C)C)C(=O)O. The summed E-state index contributed by atoms with van der Waals surface area (Å²) in [6.07, 6.45) is 5.88. The molecule has 0 aromatic heterocycles. The second kappa shape index (κ2) is 10.2. The Morgan fingerprint density at radius 2 is 1.28 bits per heavy atom. The van der Waals surface area contributed by atoms with Gasteiger partial charge in [-0.1, -0.05) is 53.4 Å². The van der Waals surface area contributed by atoms with E-state index in [1.165, 1.54) is 12.8 Å². The van der Waals surface area contributed by atoms with Crippen LogP contribution < -0.4 is 0 Å². The monoisotopic (exact) mass is 257 g/mol. The topological polar surface area (TPSA) is 40.5 Å². The fourth-order valence-corrected chi connectivity index (χ4v) is 2.01. The maximum atomic E-state index is 11.1. The summed E-state index contributed by atoms with van der Waals surface area (Å²) in [5, 5.41) is 9.12. The summed E-state index contributed by atoms with van der Waals surface area (Å²) in [5.74, 6) is 1.43. The molecule has 0 saturated carbocycles. The van der Waals surface area contributed by atoms with E-state index in [4.69, 9.17) is 5.11 Å². The molecule has 0 aromatic carbocycles. The smallest absolute Gasteiger partial charge is 0.407 e. The predicted octanol–water partition coefficient (Wildman–Crippen LogP) is 4.62. The Balaban J connectivity index is 3.69. The number of unbranched alkanes of at least 4 members (excludes halogenated alkanes) is 2. The van der Waals surface area contributed by atoms with Gasteiger partial charge in [-0.25, -0.2) is 4.79 Å². The van der Waals surface area contributed by atoms with E-state index in [0.29, 0.717) is 24.9 Å². The first-order valence-corrected chi connectivity index (χ1v) is 7.41. The number of carbonyl (C=O) groups is 1. The largest absolute Gasteiger partial charge is 0.465 e. The van der Waals surface area contributed by atoms with Gasteiger partial charge in [0, 0.05) is 13.1 Å². The number of hydrogen-bond donors (Lipinski definition) is 1. The van der Waals surface area contributed by atoms with Gasteiger partial charge in [0.1, 0.15) is 0 Å². The van der Waals surface area contributed by atoms with Crippen LogP contribution in [0, 0.1) is 11.8 Å². The van der Waals surface area contributed by atoms with Crippen molar-refractivity contribution in [3.63, 3.8) is 0 Å². The molecular weight excluding hydrogens is 226 g/mol. The highest BCUT2D eigenvalue weighted by molar-refractivity contribution is 5.64. The highest BCUT2D eigenvalue weighted by Crippen LogP contribution is 2.10. The number of carboxylic acid groups (broad SMARTS) is 1. The van der Waals surface area contributed by atoms with E-state index in [2.05, 4.69) is 27.7 Å². The average molecular weight is 257 g/mol. The molecule has 0 aromatic rings. The van der Waals surface area contributed by atoms with E-state index in [9.17, 15) is 4.79 Å². The van der Waals surface area contributed by atoms with Gasteiger partial charge >= 0.3 is 6.09 Å². The van der Waals surface area contributed by atoms with Gasteiger partial charge in [-0.3, -0.25) is 0 Å². The first-order chi connectivity index (χ1) is 8.43. The Bertz CT molecular complexity index is 199. The second-order valence-electron chi connectivity index (χ2n) is 6.05. The minimum absolute atomic E-state index is 0.698. The van der Waals surface area contributed by atoms with Crippen LogP contribution in [-0.2, 0) is 0 Å². The Hall–Kier alpha value is -0.730. The first kappa shape index (κ1) is 17.3. The van der Waals surface area contributed by atoms with Crippen molar-refractivity contribution in [2.75, 3.05) is 13.1 Å². The maximum absolute atomic E-state index is 11.1. The van der Waals surface area contributed by atoms with Gasteiger partial charge in [-0.2, -0.15) is 0 Å². The quantitative estimate of drug-likeness (QED) is 0.580. The zero-order chi connectivity index (χ0) is 14.0. The lowest BCUT2D eigenvalue weighted by Gasteiger charge is -2.19. The molecule has 0 aliphatic carbocycles. The van der Waals surface area contributed by atoms with Crippen molar-refractivity contribution >= 4 is 6.09 Å². The predicted molar refractivity (Wildman–Crippen MR) is 77.0 cm³/mol. The third kappa shape index (κ3) is 10.4. The maximum Gasteiger partial charge on any atom is 0.407 e. The van der Waals surface area contributed by atoms with Gasteiger partial charge in [0.25, 0.3) is 0 Å². The number of amides is 1. The van der Waals surface area contributed by atoms with Crippen LogP contribution in [0.3, 0.4) is 0 Å². The number of hydrogen-bond acceptors (Lipinski definition) is 1. The molecule has 0 saturated heterocycles. The van der Waals surface area contributed by atoms with Crippen LogP contribution in [0.1, 0.15) is 66.2 Å². The summed E-state index contributed by atoms with van der Waals surface area (Å²) in [4.78, 5) is 12.7. The molecule has 18 heavy (non-hydrogen) atoms. The molecular formula is C15H31NO2. The highest BCUT2D eigenvalue weighted by atomic mass is 16.4. The van der Waals surface area contributed by atoms with E-state index in [1.54, 1.807) is 4.90 Å². The molecule has 0 radical (unpaired) electrons. The summed E-state index contributed by atoms with van der Waals surface area (Å²) >= 11 is 0. The van der Waals surface area contributed by atoms with Gasteiger partial charge in [0.05, 0.1) is 0 Å². The molecule has 0 heterocycles. The van der Waals surface area contributed by atoms with Gasteiger partial charge in [0.2, 0.25) is 0 Å². The summed E-state index contributed by atoms with van der Waals surface area (Å²) in [5.41, 5.74) is 0. The molecule has 1 N–H and O–H groups in total. The molecule has 0 spiro atoms. The van der Waals surface area contributed by atoms with Crippen LogP contribution in [0.25, 0.3) is 0 Å². The van der Waals surface area contributed by atoms with Crippen LogP contribution in [0.5, 0.6) is 0 Å². The first-order valence-electron chi connectivity index (χ1n) is 7.41. The molecule has 0 atom stereocenters. The number of nitrogens with zero attached hydrogens (tertiary/aromatic N) is 1. The standard InChI is InChI=1S/C15H31NO2/c1-13(2)9-5-7-11-16(15(17)18)12-8-6-10-14(3)4/h13-14H,5-12H2,1-4H3,(H,17,18). The van der Waals surface area contributed by atoms with Crippen LogP contribution in [0.2, 0.25) is 0 Å². The normalized spacial score (nSPS) is 11.2. The average Bonchev–Trinajstić information content (AvgIpc) is 2.25. The van der Waals surface area contributed by atoms with Gasteiger partial charge in [-0.15, -0.1) is 0 Å². The van der Waals surface area contributed by atoms with Crippen LogP contribution in [0.15, 0.2) is 0 Å². The summed E-state index contributed by atoms with van der Waals surface area (Å²) in [7, 11) is 0. The molecule has 3 heteroatoms. The Kier molecular flexibility index (Phi) is 9.80.